The SMILES string of the molecule is Cc1cc(Br)cc(Cl)c1C(C)(C)C. The van der Waals surface area contributed by atoms with Crippen LogP contribution in [0.5, 0.6) is 0 Å². The molecule has 0 radical (unpaired) electrons. The van der Waals surface area contributed by atoms with Gasteiger partial charge in [-0.25, -0.2) is 0 Å². The van der Waals surface area contributed by atoms with Gasteiger partial charge in [-0.05, 0) is 35.6 Å². The molecule has 0 saturated carbocycles. The lowest BCUT2D eigenvalue weighted by molar-refractivity contribution is 0.586. The summed E-state index contributed by atoms with van der Waals surface area (Å²) < 4.78 is 1.04. The second kappa shape index (κ2) is 3.62. The molecule has 1 aromatic carbocycles. The minimum absolute atomic E-state index is 0.113. The summed E-state index contributed by atoms with van der Waals surface area (Å²) in [7, 11) is 0. The molecule has 0 aliphatic heterocycles. The van der Waals surface area contributed by atoms with Crippen LogP contribution in [-0.4, -0.2) is 0 Å². The zero-order valence-corrected chi connectivity index (χ0v) is 10.8. The molecular weight excluding hydrogens is 247 g/mol. The fraction of sp³-hybridized carbons (Fsp3) is 0.455. The van der Waals surface area contributed by atoms with Gasteiger partial charge in [-0.2, -0.15) is 0 Å². The fourth-order valence-corrected chi connectivity index (χ4v) is 2.91. The van der Waals surface area contributed by atoms with Gasteiger partial charge in [-0.3, -0.25) is 0 Å². The van der Waals surface area contributed by atoms with E-state index >= 15 is 0 Å². The third-order valence-corrected chi connectivity index (χ3v) is 2.76. The highest BCUT2D eigenvalue weighted by atomic mass is 79.9. The van der Waals surface area contributed by atoms with Crippen molar-refractivity contribution in [1.29, 1.82) is 0 Å². The summed E-state index contributed by atoms with van der Waals surface area (Å²) >= 11 is 9.62. The lowest BCUT2D eigenvalue weighted by atomic mass is 9.84. The Hall–Kier alpha value is -0.0100. The van der Waals surface area contributed by atoms with E-state index in [1.807, 2.05) is 6.07 Å². The van der Waals surface area contributed by atoms with Crippen molar-refractivity contribution in [3.8, 4) is 0 Å². The first-order valence-corrected chi connectivity index (χ1v) is 5.45. The van der Waals surface area contributed by atoms with Crippen LogP contribution in [0.25, 0.3) is 0 Å². The van der Waals surface area contributed by atoms with Crippen LogP contribution in [0, 0.1) is 6.92 Å². The number of rotatable bonds is 0. The first-order valence-electron chi connectivity index (χ1n) is 4.28. The van der Waals surface area contributed by atoms with E-state index < -0.39 is 0 Å². The summed E-state index contributed by atoms with van der Waals surface area (Å²) in [4.78, 5) is 0. The second-order valence-corrected chi connectivity index (χ2v) is 5.65. The monoisotopic (exact) mass is 260 g/mol. The zero-order chi connectivity index (χ0) is 10.2. The summed E-state index contributed by atoms with van der Waals surface area (Å²) in [5, 5.41) is 0.847. The number of benzene rings is 1. The summed E-state index contributed by atoms with van der Waals surface area (Å²) in [5.41, 5.74) is 2.59. The van der Waals surface area contributed by atoms with Gasteiger partial charge in [0.2, 0.25) is 0 Å². The van der Waals surface area contributed by atoms with Crippen LogP contribution in [0.1, 0.15) is 31.9 Å². The van der Waals surface area contributed by atoms with Crippen molar-refractivity contribution in [2.45, 2.75) is 33.1 Å². The van der Waals surface area contributed by atoms with E-state index in [2.05, 4.69) is 49.7 Å². The highest BCUT2D eigenvalue weighted by molar-refractivity contribution is 9.10. The Kier molecular flexibility index (Phi) is 3.09. The van der Waals surface area contributed by atoms with Crippen LogP contribution < -0.4 is 0 Å². The van der Waals surface area contributed by atoms with Crippen LogP contribution in [-0.2, 0) is 5.41 Å². The van der Waals surface area contributed by atoms with Gasteiger partial charge in [-0.15, -0.1) is 0 Å². The van der Waals surface area contributed by atoms with Crippen molar-refractivity contribution >= 4 is 27.5 Å². The molecular formula is C11H14BrCl. The molecule has 0 N–H and O–H groups in total. The van der Waals surface area contributed by atoms with E-state index in [0.717, 1.165) is 9.50 Å². The third kappa shape index (κ3) is 2.47. The van der Waals surface area contributed by atoms with E-state index in [0.29, 0.717) is 0 Å². The van der Waals surface area contributed by atoms with Gasteiger partial charge in [0.1, 0.15) is 0 Å². The Labute approximate surface area is 93.4 Å². The molecule has 0 fully saturated rings. The van der Waals surface area contributed by atoms with E-state index in [9.17, 15) is 0 Å². The van der Waals surface area contributed by atoms with E-state index in [1.54, 1.807) is 0 Å². The number of aryl methyl sites for hydroxylation is 1. The van der Waals surface area contributed by atoms with Crippen molar-refractivity contribution in [2.75, 3.05) is 0 Å². The summed E-state index contributed by atoms with van der Waals surface area (Å²) in [6.45, 7) is 8.62. The molecule has 0 aliphatic carbocycles. The number of hydrogen-bond acceptors (Lipinski definition) is 0. The topological polar surface area (TPSA) is 0 Å². The molecule has 72 valence electrons. The van der Waals surface area contributed by atoms with Gasteiger partial charge in [0.05, 0.1) is 0 Å². The number of halogens is 2. The molecule has 0 saturated heterocycles. The molecule has 1 aromatic rings. The molecule has 0 bridgehead atoms. The normalized spacial score (nSPS) is 11.8. The van der Waals surface area contributed by atoms with Crippen LogP contribution in [0.15, 0.2) is 16.6 Å². The molecule has 1 rings (SSSR count). The fourth-order valence-electron chi connectivity index (χ4n) is 1.65. The predicted octanol–water partition coefficient (Wildman–Crippen LogP) is 4.71. The molecule has 0 nitrogen and oxygen atoms in total. The number of hydrogen-bond donors (Lipinski definition) is 0. The Bertz CT molecular complexity index is 300. The molecule has 13 heavy (non-hydrogen) atoms. The predicted molar refractivity (Wildman–Crippen MR) is 62.6 cm³/mol. The molecule has 0 amide bonds. The summed E-state index contributed by atoms with van der Waals surface area (Å²) in [5.74, 6) is 0. The summed E-state index contributed by atoms with van der Waals surface area (Å²) in [6, 6.07) is 4.06. The molecule has 0 aliphatic rings. The zero-order valence-electron chi connectivity index (χ0n) is 8.41. The maximum atomic E-state index is 6.19. The van der Waals surface area contributed by atoms with E-state index in [1.165, 1.54) is 11.1 Å². The second-order valence-electron chi connectivity index (χ2n) is 4.33. The van der Waals surface area contributed by atoms with Crippen molar-refractivity contribution in [3.63, 3.8) is 0 Å². The molecule has 0 atom stereocenters. The van der Waals surface area contributed by atoms with Gasteiger partial charge in [0, 0.05) is 9.50 Å². The smallest absolute Gasteiger partial charge is 0.0457 e. The average molecular weight is 262 g/mol. The highest BCUT2D eigenvalue weighted by Crippen LogP contribution is 2.34. The minimum atomic E-state index is 0.113. The van der Waals surface area contributed by atoms with Crippen molar-refractivity contribution in [1.82, 2.24) is 0 Å². The van der Waals surface area contributed by atoms with E-state index in [-0.39, 0.29) is 5.41 Å². The lowest BCUT2D eigenvalue weighted by Gasteiger charge is -2.23. The Morgan fingerprint density at radius 1 is 1.23 bits per heavy atom. The molecule has 0 aromatic heterocycles. The Balaban J connectivity index is 3.38. The van der Waals surface area contributed by atoms with Crippen molar-refractivity contribution < 1.29 is 0 Å². The Morgan fingerprint density at radius 2 is 1.77 bits per heavy atom. The quantitative estimate of drug-likeness (QED) is 0.634. The van der Waals surface area contributed by atoms with Crippen molar-refractivity contribution in [2.24, 2.45) is 0 Å². The maximum Gasteiger partial charge on any atom is 0.0457 e. The van der Waals surface area contributed by atoms with Gasteiger partial charge in [0.25, 0.3) is 0 Å². The van der Waals surface area contributed by atoms with Crippen LogP contribution in [0.4, 0.5) is 0 Å². The molecule has 0 unspecified atom stereocenters. The Morgan fingerprint density at radius 3 is 2.15 bits per heavy atom. The first-order chi connectivity index (χ1) is 5.82. The minimum Gasteiger partial charge on any atom is -0.0840 e. The maximum absolute atomic E-state index is 6.19. The van der Waals surface area contributed by atoms with Crippen molar-refractivity contribution in [3.05, 3.63) is 32.8 Å². The first kappa shape index (κ1) is 11.1. The average Bonchev–Trinajstić information content (AvgIpc) is 1.78. The molecule has 2 heteroatoms. The molecule has 0 heterocycles. The van der Waals surface area contributed by atoms with Gasteiger partial charge < -0.3 is 0 Å². The van der Waals surface area contributed by atoms with Crippen LogP contribution in [0.3, 0.4) is 0 Å². The van der Waals surface area contributed by atoms with E-state index in [4.69, 9.17) is 11.6 Å². The van der Waals surface area contributed by atoms with Crippen LogP contribution in [0.2, 0.25) is 5.02 Å². The van der Waals surface area contributed by atoms with Gasteiger partial charge in [-0.1, -0.05) is 48.3 Å². The molecule has 0 spiro atoms. The summed E-state index contributed by atoms with van der Waals surface area (Å²) in [6.07, 6.45) is 0. The largest absolute Gasteiger partial charge is 0.0840 e. The van der Waals surface area contributed by atoms with Crippen LogP contribution >= 0.6 is 27.5 Å². The van der Waals surface area contributed by atoms with Gasteiger partial charge in [0.15, 0.2) is 0 Å². The standard InChI is InChI=1S/C11H14BrCl/c1-7-5-8(12)6-9(13)10(7)11(2,3)4/h5-6H,1-4H3. The third-order valence-electron chi connectivity index (χ3n) is 2.00. The highest BCUT2D eigenvalue weighted by Gasteiger charge is 2.19. The lowest BCUT2D eigenvalue weighted by Crippen LogP contribution is -2.13. The van der Waals surface area contributed by atoms with Gasteiger partial charge >= 0.3 is 0 Å².